The van der Waals surface area contributed by atoms with E-state index in [4.69, 9.17) is 19.2 Å². The van der Waals surface area contributed by atoms with Crippen LogP contribution in [0.25, 0.3) is 0 Å². The average Bonchev–Trinajstić information content (AvgIpc) is 2.82. The highest BCUT2D eigenvalue weighted by molar-refractivity contribution is 6.12. The normalized spacial score (nSPS) is 15.9. The van der Waals surface area contributed by atoms with Crippen molar-refractivity contribution in [2.24, 2.45) is 5.92 Å². The van der Waals surface area contributed by atoms with Crippen molar-refractivity contribution in [2.45, 2.75) is 59.5 Å². The predicted octanol–water partition coefficient (Wildman–Crippen LogP) is 2.41. The summed E-state index contributed by atoms with van der Waals surface area (Å²) < 4.78 is 11.3. The smallest absolute Gasteiger partial charge is 0.313 e. The molecule has 0 unspecified atom stereocenters. The summed E-state index contributed by atoms with van der Waals surface area (Å²) in [6.07, 6.45) is 2.62. The first-order valence-corrected chi connectivity index (χ1v) is 8.35. The van der Waals surface area contributed by atoms with Gasteiger partial charge in [0.15, 0.2) is 0 Å². The van der Waals surface area contributed by atoms with Crippen molar-refractivity contribution in [3.8, 4) is 0 Å². The predicted molar refractivity (Wildman–Crippen MR) is 87.5 cm³/mol. The third-order valence-electron chi connectivity index (χ3n) is 4.04. The number of hydrogen-bond acceptors (Lipinski definition) is 6. The Morgan fingerprint density at radius 3 is 1.92 bits per heavy atom. The summed E-state index contributed by atoms with van der Waals surface area (Å²) in [4.78, 5) is 35.6. The molecule has 7 nitrogen and oxygen atoms in total. The Morgan fingerprint density at radius 1 is 1.00 bits per heavy atom. The summed E-state index contributed by atoms with van der Waals surface area (Å²) in [5, 5.41) is 0. The molecule has 0 saturated carbocycles. The van der Waals surface area contributed by atoms with E-state index in [9.17, 15) is 9.59 Å². The SMILES string of the molecule is CCOC(CCN1C(=O)C=CC1=O)(OCC)OOC(C)(C)C(C)C. The molecular formula is C17H29NO6. The molecule has 0 aliphatic carbocycles. The molecule has 1 rings (SSSR count). The van der Waals surface area contributed by atoms with E-state index in [0.29, 0.717) is 13.2 Å². The van der Waals surface area contributed by atoms with Crippen LogP contribution in [-0.4, -0.2) is 48.0 Å². The van der Waals surface area contributed by atoms with Crippen LogP contribution >= 0.6 is 0 Å². The van der Waals surface area contributed by atoms with E-state index >= 15 is 0 Å². The highest BCUT2D eigenvalue weighted by Gasteiger charge is 2.39. The van der Waals surface area contributed by atoms with Gasteiger partial charge < -0.3 is 9.47 Å². The van der Waals surface area contributed by atoms with Gasteiger partial charge in [0.05, 0.1) is 6.42 Å². The molecule has 0 aromatic heterocycles. The maximum Gasteiger partial charge on any atom is 0.313 e. The van der Waals surface area contributed by atoms with Crippen LogP contribution in [0.1, 0.15) is 48.0 Å². The molecule has 0 spiro atoms. The molecule has 138 valence electrons. The summed E-state index contributed by atoms with van der Waals surface area (Å²) in [7, 11) is 0. The molecule has 1 aliphatic rings. The summed E-state index contributed by atoms with van der Waals surface area (Å²) in [5.41, 5.74) is -0.555. The van der Waals surface area contributed by atoms with Crippen molar-refractivity contribution < 1.29 is 28.8 Å². The molecular weight excluding hydrogens is 314 g/mol. The van der Waals surface area contributed by atoms with Gasteiger partial charge in [0.2, 0.25) is 0 Å². The van der Waals surface area contributed by atoms with Gasteiger partial charge in [-0.05, 0) is 33.6 Å². The fraction of sp³-hybridized carbons (Fsp3) is 0.765. The van der Waals surface area contributed by atoms with Gasteiger partial charge in [-0.3, -0.25) is 14.5 Å². The van der Waals surface area contributed by atoms with Gasteiger partial charge in [-0.25, -0.2) is 4.89 Å². The zero-order valence-electron chi connectivity index (χ0n) is 15.5. The van der Waals surface area contributed by atoms with Crippen LogP contribution in [0, 0.1) is 5.92 Å². The van der Waals surface area contributed by atoms with Gasteiger partial charge in [-0.2, -0.15) is 4.89 Å². The van der Waals surface area contributed by atoms with E-state index in [1.807, 2.05) is 27.7 Å². The van der Waals surface area contributed by atoms with E-state index < -0.39 is 11.6 Å². The maximum atomic E-state index is 11.7. The van der Waals surface area contributed by atoms with Gasteiger partial charge >= 0.3 is 5.97 Å². The minimum absolute atomic E-state index is 0.107. The van der Waals surface area contributed by atoms with Gasteiger partial charge in [-0.15, -0.1) is 0 Å². The Balaban J connectivity index is 2.81. The third kappa shape index (κ3) is 5.37. The second-order valence-corrected chi connectivity index (χ2v) is 6.39. The number of carbonyl (C=O) groups is 2. The Morgan fingerprint density at radius 2 is 1.50 bits per heavy atom. The van der Waals surface area contributed by atoms with Crippen LogP contribution in [0.15, 0.2) is 12.2 Å². The fourth-order valence-corrected chi connectivity index (χ4v) is 1.88. The summed E-state index contributed by atoms with van der Waals surface area (Å²) >= 11 is 0. The van der Waals surface area contributed by atoms with Crippen LogP contribution in [0.4, 0.5) is 0 Å². The standard InChI is InChI=1S/C17H29NO6/c1-7-21-17(22-8-2,24-23-16(5,6)13(3)4)11-12-18-14(19)9-10-15(18)20/h9-10,13H,7-8,11-12H2,1-6H3. The van der Waals surface area contributed by atoms with Crippen molar-refractivity contribution in [3.63, 3.8) is 0 Å². The Kier molecular flexibility index (Phi) is 7.54. The first-order chi connectivity index (χ1) is 11.2. The quantitative estimate of drug-likeness (QED) is 0.248. The number of hydrogen-bond donors (Lipinski definition) is 0. The summed E-state index contributed by atoms with van der Waals surface area (Å²) in [6, 6.07) is 0. The lowest BCUT2D eigenvalue weighted by atomic mass is 9.95. The first-order valence-electron chi connectivity index (χ1n) is 8.35. The number of imide groups is 1. The van der Waals surface area contributed by atoms with Gasteiger partial charge in [0.25, 0.3) is 11.8 Å². The first kappa shape index (κ1) is 20.8. The maximum absolute atomic E-state index is 11.7. The Bertz CT molecular complexity index is 448. The van der Waals surface area contributed by atoms with Crippen molar-refractivity contribution in [1.82, 2.24) is 4.90 Å². The lowest BCUT2D eigenvalue weighted by molar-refractivity contribution is -0.532. The van der Waals surface area contributed by atoms with Gasteiger partial charge in [0, 0.05) is 31.9 Å². The molecule has 0 fully saturated rings. The molecule has 1 aliphatic heterocycles. The van der Waals surface area contributed by atoms with Gasteiger partial charge in [-0.1, -0.05) is 13.8 Å². The molecule has 24 heavy (non-hydrogen) atoms. The van der Waals surface area contributed by atoms with Crippen LogP contribution in [0.2, 0.25) is 0 Å². The summed E-state index contributed by atoms with van der Waals surface area (Å²) in [5.74, 6) is -1.99. The van der Waals surface area contributed by atoms with Crippen LogP contribution in [0.5, 0.6) is 0 Å². The number of rotatable bonds is 11. The van der Waals surface area contributed by atoms with Crippen molar-refractivity contribution in [1.29, 1.82) is 0 Å². The van der Waals surface area contributed by atoms with E-state index in [-0.39, 0.29) is 30.7 Å². The second kappa shape index (κ2) is 8.71. The van der Waals surface area contributed by atoms with Crippen molar-refractivity contribution >= 4 is 11.8 Å². The zero-order valence-corrected chi connectivity index (χ0v) is 15.5. The fourth-order valence-electron chi connectivity index (χ4n) is 1.88. The molecule has 0 N–H and O–H groups in total. The molecule has 7 heteroatoms. The van der Waals surface area contributed by atoms with Crippen LogP contribution < -0.4 is 0 Å². The molecule has 0 bridgehead atoms. The number of amides is 2. The highest BCUT2D eigenvalue weighted by atomic mass is 17.3. The molecule has 0 aromatic carbocycles. The second-order valence-electron chi connectivity index (χ2n) is 6.39. The molecule has 0 radical (unpaired) electrons. The molecule has 0 atom stereocenters. The largest absolute Gasteiger partial charge is 0.326 e. The number of carbonyl (C=O) groups excluding carboxylic acids is 2. The number of nitrogens with zero attached hydrogens (tertiary/aromatic N) is 1. The van der Waals surface area contributed by atoms with Crippen LogP contribution in [-0.2, 0) is 28.8 Å². The van der Waals surface area contributed by atoms with E-state index in [1.54, 1.807) is 13.8 Å². The van der Waals surface area contributed by atoms with E-state index in [2.05, 4.69) is 0 Å². The zero-order chi connectivity index (χ0) is 18.4. The topological polar surface area (TPSA) is 74.3 Å². The van der Waals surface area contributed by atoms with Crippen molar-refractivity contribution in [3.05, 3.63) is 12.2 Å². The summed E-state index contributed by atoms with van der Waals surface area (Å²) in [6.45, 7) is 12.2. The minimum atomic E-state index is -1.47. The molecule has 2 amide bonds. The molecule has 0 saturated heterocycles. The van der Waals surface area contributed by atoms with E-state index in [0.717, 1.165) is 4.90 Å². The van der Waals surface area contributed by atoms with E-state index in [1.165, 1.54) is 12.2 Å². The van der Waals surface area contributed by atoms with Crippen LogP contribution in [0.3, 0.4) is 0 Å². The van der Waals surface area contributed by atoms with Crippen molar-refractivity contribution in [2.75, 3.05) is 19.8 Å². The lowest BCUT2D eigenvalue weighted by Crippen LogP contribution is -2.46. The Labute approximate surface area is 143 Å². The Hall–Kier alpha value is -1.28. The minimum Gasteiger partial charge on any atom is -0.326 e. The molecule has 0 aromatic rings. The average molecular weight is 343 g/mol. The highest BCUT2D eigenvalue weighted by Crippen LogP contribution is 2.28. The third-order valence-corrected chi connectivity index (χ3v) is 4.04. The number of ether oxygens (including phenoxy) is 2. The van der Waals surface area contributed by atoms with Gasteiger partial charge in [0.1, 0.15) is 5.60 Å². The molecule has 1 heterocycles. The lowest BCUT2D eigenvalue weighted by Gasteiger charge is -2.36. The monoisotopic (exact) mass is 343 g/mol.